The van der Waals surface area contributed by atoms with Gasteiger partial charge in [0.25, 0.3) is 5.91 Å². The van der Waals surface area contributed by atoms with Crippen molar-refractivity contribution in [2.24, 2.45) is 11.8 Å². The zero-order valence-corrected chi connectivity index (χ0v) is 15.8. The highest BCUT2D eigenvalue weighted by molar-refractivity contribution is 7.91. The van der Waals surface area contributed by atoms with Gasteiger partial charge < -0.3 is 9.80 Å². The molecule has 3 heterocycles. The van der Waals surface area contributed by atoms with Crippen molar-refractivity contribution in [2.75, 3.05) is 42.6 Å². The second kappa shape index (κ2) is 7.32. The number of aromatic nitrogens is 1. The van der Waals surface area contributed by atoms with Gasteiger partial charge in [0.05, 0.1) is 17.1 Å². The summed E-state index contributed by atoms with van der Waals surface area (Å²) in [6.07, 6.45) is 3.73. The molecule has 1 atom stereocenters. The summed E-state index contributed by atoms with van der Waals surface area (Å²) in [6, 6.07) is 3.65. The normalized spacial score (nSPS) is 24.8. The Balaban J connectivity index is 1.68. The highest BCUT2D eigenvalue weighted by Gasteiger charge is 2.26. The first kappa shape index (κ1) is 18.2. The van der Waals surface area contributed by atoms with E-state index < -0.39 is 9.84 Å². The van der Waals surface area contributed by atoms with Crippen LogP contribution in [-0.2, 0) is 9.84 Å². The number of carbonyl (C=O) groups excluding carboxylic acids is 1. The molecule has 7 heteroatoms. The summed E-state index contributed by atoms with van der Waals surface area (Å²) in [5.41, 5.74) is 0.605. The summed E-state index contributed by atoms with van der Waals surface area (Å²) < 4.78 is 23.8. The molecule has 0 radical (unpaired) electrons. The lowest BCUT2D eigenvalue weighted by atomic mass is 9.99. The first-order chi connectivity index (χ1) is 11.8. The van der Waals surface area contributed by atoms with E-state index >= 15 is 0 Å². The van der Waals surface area contributed by atoms with Crippen LogP contribution in [-0.4, -0.2) is 61.9 Å². The minimum absolute atomic E-state index is 0.0396. The van der Waals surface area contributed by atoms with Crippen molar-refractivity contribution in [3.63, 3.8) is 0 Å². The average molecular weight is 365 g/mol. The van der Waals surface area contributed by atoms with Gasteiger partial charge in [0, 0.05) is 32.4 Å². The van der Waals surface area contributed by atoms with Gasteiger partial charge in [-0.2, -0.15) is 0 Å². The van der Waals surface area contributed by atoms with Gasteiger partial charge in [0.1, 0.15) is 5.82 Å². The third-order valence-electron chi connectivity index (χ3n) is 5.13. The first-order valence-corrected chi connectivity index (χ1v) is 10.9. The number of pyridine rings is 1. The Labute approximate surface area is 150 Å². The summed E-state index contributed by atoms with van der Waals surface area (Å²) in [7, 11) is -2.98. The van der Waals surface area contributed by atoms with Gasteiger partial charge in [-0.15, -0.1) is 0 Å². The molecule has 1 aromatic heterocycles. The summed E-state index contributed by atoms with van der Waals surface area (Å²) >= 11 is 0. The number of sulfone groups is 1. The summed E-state index contributed by atoms with van der Waals surface area (Å²) in [6.45, 7) is 6.92. The van der Waals surface area contributed by atoms with E-state index in [2.05, 4.69) is 11.9 Å². The summed E-state index contributed by atoms with van der Waals surface area (Å²) in [5, 5.41) is 0. The minimum atomic E-state index is -2.98. The number of carbonyl (C=O) groups is 1. The maximum Gasteiger partial charge on any atom is 0.255 e. The Bertz CT molecular complexity index is 710. The fraction of sp³-hybridized carbons (Fsp3) is 0.667. The second-order valence-corrected chi connectivity index (χ2v) is 9.77. The van der Waals surface area contributed by atoms with Gasteiger partial charge in [-0.1, -0.05) is 13.8 Å². The second-order valence-electron chi connectivity index (χ2n) is 7.55. The predicted molar refractivity (Wildman–Crippen MR) is 98.6 cm³/mol. The molecule has 138 valence electrons. The number of hydrogen-bond acceptors (Lipinski definition) is 5. The standard InChI is InChI=1S/C18H27N3O3S/c1-14-5-7-20(8-6-14)18(22)16-3-4-17(19-11-16)21-9-10-25(23,24)13-15(2)12-21/h3-4,11,14-15H,5-10,12-13H2,1-2H3/t15-/m0/s1. The fourth-order valence-corrected chi connectivity index (χ4v) is 5.23. The molecule has 3 rings (SSSR count). The Morgan fingerprint density at radius 2 is 1.84 bits per heavy atom. The predicted octanol–water partition coefficient (Wildman–Crippen LogP) is 1.82. The SMILES string of the molecule is CC1CCN(C(=O)c2ccc(N3CCS(=O)(=O)C[C@@H](C)C3)nc2)CC1. The molecule has 0 aliphatic carbocycles. The van der Waals surface area contributed by atoms with Crippen LogP contribution in [0.4, 0.5) is 5.82 Å². The Kier molecular flexibility index (Phi) is 5.32. The number of piperidine rings is 1. The van der Waals surface area contributed by atoms with Crippen molar-refractivity contribution in [1.29, 1.82) is 0 Å². The molecule has 2 fully saturated rings. The van der Waals surface area contributed by atoms with Crippen LogP contribution >= 0.6 is 0 Å². The number of nitrogens with zero attached hydrogens (tertiary/aromatic N) is 3. The fourth-order valence-electron chi connectivity index (χ4n) is 3.59. The quantitative estimate of drug-likeness (QED) is 0.800. The minimum Gasteiger partial charge on any atom is -0.355 e. The monoisotopic (exact) mass is 365 g/mol. The topological polar surface area (TPSA) is 70.6 Å². The van der Waals surface area contributed by atoms with Crippen molar-refractivity contribution < 1.29 is 13.2 Å². The van der Waals surface area contributed by atoms with Crippen molar-refractivity contribution >= 4 is 21.6 Å². The van der Waals surface area contributed by atoms with Crippen LogP contribution in [0.5, 0.6) is 0 Å². The number of rotatable bonds is 2. The smallest absolute Gasteiger partial charge is 0.255 e. The van der Waals surface area contributed by atoms with Crippen molar-refractivity contribution in [3.05, 3.63) is 23.9 Å². The van der Waals surface area contributed by atoms with Gasteiger partial charge in [0.15, 0.2) is 9.84 Å². The average Bonchev–Trinajstić information content (AvgIpc) is 2.72. The molecule has 1 aromatic rings. The summed E-state index contributed by atoms with van der Waals surface area (Å²) in [5.74, 6) is 1.93. The van der Waals surface area contributed by atoms with Crippen molar-refractivity contribution in [2.45, 2.75) is 26.7 Å². The molecule has 0 spiro atoms. The highest BCUT2D eigenvalue weighted by Crippen LogP contribution is 2.20. The Morgan fingerprint density at radius 1 is 1.12 bits per heavy atom. The number of hydrogen-bond donors (Lipinski definition) is 0. The molecule has 0 bridgehead atoms. The molecule has 2 aliphatic heterocycles. The lowest BCUT2D eigenvalue weighted by molar-refractivity contribution is 0.0697. The first-order valence-electron chi connectivity index (χ1n) is 9.05. The third kappa shape index (κ3) is 4.51. The maximum absolute atomic E-state index is 12.6. The van der Waals surface area contributed by atoms with Crippen molar-refractivity contribution in [3.8, 4) is 0 Å². The van der Waals surface area contributed by atoms with E-state index in [1.807, 2.05) is 28.9 Å². The Hall–Kier alpha value is -1.63. The van der Waals surface area contributed by atoms with E-state index in [9.17, 15) is 13.2 Å². The molecular formula is C18H27N3O3S. The van der Waals surface area contributed by atoms with Gasteiger partial charge in [0.2, 0.25) is 0 Å². The van der Waals surface area contributed by atoms with E-state index in [1.165, 1.54) is 0 Å². The molecule has 0 N–H and O–H groups in total. The van der Waals surface area contributed by atoms with Gasteiger partial charge in [-0.25, -0.2) is 13.4 Å². The Morgan fingerprint density at radius 3 is 2.48 bits per heavy atom. The van der Waals surface area contributed by atoms with Crippen LogP contribution in [0.1, 0.15) is 37.0 Å². The van der Waals surface area contributed by atoms with Crippen LogP contribution in [0.25, 0.3) is 0 Å². The van der Waals surface area contributed by atoms with Gasteiger partial charge in [-0.3, -0.25) is 4.79 Å². The molecule has 0 aromatic carbocycles. The van der Waals surface area contributed by atoms with Crippen LogP contribution < -0.4 is 4.90 Å². The van der Waals surface area contributed by atoms with E-state index in [0.717, 1.165) is 31.7 Å². The molecule has 0 unspecified atom stereocenters. The number of amides is 1. The molecule has 25 heavy (non-hydrogen) atoms. The highest BCUT2D eigenvalue weighted by atomic mass is 32.2. The third-order valence-corrected chi connectivity index (χ3v) is 7.01. The number of anilines is 1. The van der Waals surface area contributed by atoms with Gasteiger partial charge in [-0.05, 0) is 36.8 Å². The van der Waals surface area contributed by atoms with E-state index in [4.69, 9.17) is 0 Å². The maximum atomic E-state index is 12.6. The van der Waals surface area contributed by atoms with Crippen molar-refractivity contribution in [1.82, 2.24) is 9.88 Å². The molecule has 2 aliphatic rings. The summed E-state index contributed by atoms with van der Waals surface area (Å²) in [4.78, 5) is 20.9. The zero-order valence-electron chi connectivity index (χ0n) is 15.0. The lowest BCUT2D eigenvalue weighted by Gasteiger charge is -2.30. The largest absolute Gasteiger partial charge is 0.355 e. The zero-order chi connectivity index (χ0) is 18.0. The van der Waals surface area contributed by atoms with E-state index in [0.29, 0.717) is 24.6 Å². The molecule has 0 saturated carbocycles. The number of likely N-dealkylation sites (tertiary alicyclic amines) is 1. The van der Waals surface area contributed by atoms with Crippen LogP contribution in [0.15, 0.2) is 18.3 Å². The van der Waals surface area contributed by atoms with Crippen LogP contribution in [0, 0.1) is 11.8 Å². The molecule has 2 saturated heterocycles. The lowest BCUT2D eigenvalue weighted by Crippen LogP contribution is -2.38. The van der Waals surface area contributed by atoms with Crippen LogP contribution in [0.2, 0.25) is 0 Å². The molecule has 1 amide bonds. The van der Waals surface area contributed by atoms with E-state index in [1.54, 1.807) is 6.20 Å². The van der Waals surface area contributed by atoms with Gasteiger partial charge >= 0.3 is 0 Å². The van der Waals surface area contributed by atoms with E-state index in [-0.39, 0.29) is 23.3 Å². The molecule has 6 nitrogen and oxygen atoms in total. The molecular weight excluding hydrogens is 338 g/mol. The van der Waals surface area contributed by atoms with Crippen LogP contribution in [0.3, 0.4) is 0 Å².